The van der Waals surface area contributed by atoms with Crippen LogP contribution in [0.3, 0.4) is 0 Å². The van der Waals surface area contributed by atoms with Gasteiger partial charge in [-0.2, -0.15) is 5.26 Å². The van der Waals surface area contributed by atoms with Crippen molar-refractivity contribution in [1.82, 2.24) is 15.5 Å². The fourth-order valence-corrected chi connectivity index (χ4v) is 10.3. The van der Waals surface area contributed by atoms with Gasteiger partial charge in [-0.3, -0.25) is 24.2 Å². The Labute approximate surface area is 406 Å². The number of nitrogens with zero attached hydrogens (tertiary/aromatic N) is 3. The maximum absolute atomic E-state index is 14.1. The number of amides is 3. The van der Waals surface area contributed by atoms with Gasteiger partial charge in [0, 0.05) is 66.2 Å². The summed E-state index contributed by atoms with van der Waals surface area (Å²) in [6.07, 6.45) is 4.56. The van der Waals surface area contributed by atoms with Gasteiger partial charge in [-0.1, -0.05) is 84.3 Å². The van der Waals surface area contributed by atoms with Crippen LogP contribution in [0.2, 0.25) is 5.02 Å². The van der Waals surface area contributed by atoms with Gasteiger partial charge in [-0.05, 0) is 98.0 Å². The number of aliphatic hydroxyl groups is 1. The average molecular weight is 951 g/mol. The number of ketones is 1. The number of hydrogen-bond donors (Lipinski definition) is 3. The largest absolute Gasteiger partial charge is 0.494 e. The van der Waals surface area contributed by atoms with E-state index < -0.39 is 35.4 Å². The Morgan fingerprint density at radius 1 is 0.985 bits per heavy atom. The van der Waals surface area contributed by atoms with Gasteiger partial charge in [-0.15, -0.1) is 0 Å². The SMILES string of the molecule is CC1=C(c2ccc(CCC(=O)[C@@H]3C[C@@H](O)CN3C(=O)[C@@H](NC(=O)CO[C@@H](C)CCCCOc3ccc(C(=O)NC4C(C)(C)C(Oc5ccc(C#N)c(Cl)c5)C4(C)C)cc3)C(C)(C)C)cc2)CC=N1. The predicted molar refractivity (Wildman–Crippen MR) is 264 cm³/mol. The quantitative estimate of drug-likeness (QED) is 0.0935. The number of carbonyl (C=O) groups excluding carboxylic acids is 4. The smallest absolute Gasteiger partial charge is 0.251 e. The molecule has 0 unspecified atom stereocenters. The second-order valence-corrected chi connectivity index (χ2v) is 21.2. The third-order valence-corrected chi connectivity index (χ3v) is 14.0. The molecule has 0 bridgehead atoms. The molecule has 68 heavy (non-hydrogen) atoms. The number of rotatable bonds is 20. The van der Waals surface area contributed by atoms with Gasteiger partial charge in [0.05, 0.1) is 35.4 Å². The van der Waals surface area contributed by atoms with E-state index in [2.05, 4.69) is 61.5 Å². The van der Waals surface area contributed by atoms with E-state index in [0.29, 0.717) is 47.1 Å². The van der Waals surface area contributed by atoms with Crippen LogP contribution in [0.25, 0.3) is 5.57 Å². The van der Waals surface area contributed by atoms with E-state index in [-0.39, 0.29) is 66.8 Å². The molecule has 13 nitrogen and oxygen atoms in total. The van der Waals surface area contributed by atoms with Crippen molar-refractivity contribution in [3.05, 3.63) is 99.7 Å². The molecule has 14 heteroatoms. The predicted octanol–water partition coefficient (Wildman–Crippen LogP) is 8.68. The van der Waals surface area contributed by atoms with E-state index in [0.717, 1.165) is 36.1 Å². The van der Waals surface area contributed by atoms with Crippen molar-refractivity contribution < 1.29 is 38.5 Å². The summed E-state index contributed by atoms with van der Waals surface area (Å²) < 4.78 is 18.2. The highest BCUT2D eigenvalue weighted by molar-refractivity contribution is 6.31. The van der Waals surface area contributed by atoms with Crippen molar-refractivity contribution in [3.63, 3.8) is 0 Å². The summed E-state index contributed by atoms with van der Waals surface area (Å²) in [7, 11) is 0. The highest BCUT2D eigenvalue weighted by atomic mass is 35.5. The monoisotopic (exact) mass is 949 g/mol. The molecule has 3 aliphatic rings. The first-order valence-electron chi connectivity index (χ1n) is 23.7. The zero-order valence-electron chi connectivity index (χ0n) is 41.0. The maximum atomic E-state index is 14.1. The summed E-state index contributed by atoms with van der Waals surface area (Å²) in [5, 5.41) is 26.3. The summed E-state index contributed by atoms with van der Waals surface area (Å²) >= 11 is 6.24. The van der Waals surface area contributed by atoms with E-state index in [1.54, 1.807) is 42.5 Å². The zero-order chi connectivity index (χ0) is 49.6. The third-order valence-electron chi connectivity index (χ3n) is 13.7. The molecule has 2 fully saturated rings. The molecule has 3 N–H and O–H groups in total. The number of likely N-dealkylation sites (tertiary alicyclic amines) is 1. The summed E-state index contributed by atoms with van der Waals surface area (Å²) in [4.78, 5) is 60.0. The number of aliphatic hydroxyl groups excluding tert-OH is 1. The number of β-amino-alcohol motifs (C(OH)–C–C–N with tert-alkyl or cyclic N) is 1. The third kappa shape index (κ3) is 12.4. The van der Waals surface area contributed by atoms with Crippen molar-refractivity contribution in [1.29, 1.82) is 5.26 Å². The summed E-state index contributed by atoms with van der Waals surface area (Å²) in [5.41, 5.74) is 3.78. The van der Waals surface area contributed by atoms with Crippen molar-refractivity contribution in [2.45, 2.75) is 144 Å². The molecular weight excluding hydrogens is 882 g/mol. The standard InChI is InChI=1S/C54H68ClN5O8/c1-33(12-10-11-27-66-40-21-18-37(19-22-40)48(64)59-50-53(6,7)51(54(50,8)9)68-41-23-20-38(30-56)43(55)29-41)67-32-46(63)58-47(52(3,4)5)49(65)60-31-39(61)28-44(60)45(62)24-15-35-13-16-36(17-14-35)42-25-26-57-34(42)2/h13-14,16-23,26,29,33,39,44,47,50-51,61H,10-12,15,24-25,27-28,31-32H2,1-9H3,(H,58,63)(H,59,64)/t33-,39+,44-,47+,50?,51?/m0/s1. The number of hydrogen-bond acceptors (Lipinski definition) is 10. The van der Waals surface area contributed by atoms with Gasteiger partial charge < -0.3 is 34.9 Å². The highest BCUT2D eigenvalue weighted by Gasteiger charge is 2.64. The summed E-state index contributed by atoms with van der Waals surface area (Å²) in [5.74, 6) is 0.0850. The first-order chi connectivity index (χ1) is 32.1. The molecule has 0 radical (unpaired) electrons. The number of halogens is 1. The number of Topliss-reactive ketones (excluding diaryl/α,β-unsaturated/α-hetero) is 1. The molecule has 4 atom stereocenters. The Kier molecular flexibility index (Phi) is 16.6. The lowest BCUT2D eigenvalue weighted by atomic mass is 9.49. The Bertz CT molecular complexity index is 2400. The lowest BCUT2D eigenvalue weighted by Crippen LogP contribution is -2.74. The number of aryl methyl sites for hydroxylation is 1. The van der Waals surface area contributed by atoms with Crippen LogP contribution in [0.15, 0.2) is 77.4 Å². The molecular formula is C54H68ClN5O8. The second-order valence-electron chi connectivity index (χ2n) is 20.8. The number of benzene rings is 3. The van der Waals surface area contributed by atoms with E-state index in [1.165, 1.54) is 10.5 Å². The van der Waals surface area contributed by atoms with Crippen LogP contribution in [0.4, 0.5) is 0 Å². The molecule has 3 amide bonds. The van der Waals surface area contributed by atoms with E-state index >= 15 is 0 Å². The molecule has 1 saturated carbocycles. The minimum atomic E-state index is -0.933. The van der Waals surface area contributed by atoms with Gasteiger partial charge >= 0.3 is 0 Å². The van der Waals surface area contributed by atoms with Gasteiger partial charge in [-0.25, -0.2) is 0 Å². The van der Waals surface area contributed by atoms with Crippen LogP contribution >= 0.6 is 11.6 Å². The number of allylic oxidation sites excluding steroid dienone is 2. The van der Waals surface area contributed by atoms with Gasteiger partial charge in [0.1, 0.15) is 36.3 Å². The van der Waals surface area contributed by atoms with Crippen LogP contribution in [-0.2, 0) is 25.5 Å². The second kappa shape index (κ2) is 21.8. The Balaban J connectivity index is 0.893. The molecule has 2 heterocycles. The fourth-order valence-electron chi connectivity index (χ4n) is 10.1. The van der Waals surface area contributed by atoms with Crippen LogP contribution in [0.5, 0.6) is 11.5 Å². The molecule has 0 aromatic heterocycles. The normalized spacial score (nSPS) is 21.4. The molecule has 6 rings (SSSR count). The molecule has 364 valence electrons. The first-order valence-corrected chi connectivity index (χ1v) is 24.1. The van der Waals surface area contributed by atoms with Crippen molar-refractivity contribution in [3.8, 4) is 17.6 Å². The Hall–Kier alpha value is -5.55. The minimum absolute atomic E-state index is 0.0264. The van der Waals surface area contributed by atoms with Crippen molar-refractivity contribution >= 4 is 46.9 Å². The maximum Gasteiger partial charge on any atom is 0.251 e. The van der Waals surface area contributed by atoms with Gasteiger partial charge in [0.25, 0.3) is 5.91 Å². The number of nitrogens with one attached hydrogen (secondary N) is 2. The molecule has 3 aromatic carbocycles. The highest BCUT2D eigenvalue weighted by Crippen LogP contribution is 2.55. The van der Waals surface area contributed by atoms with Crippen LogP contribution in [-0.4, -0.2) is 95.9 Å². The average Bonchev–Trinajstić information content (AvgIpc) is 3.92. The van der Waals surface area contributed by atoms with Crippen LogP contribution < -0.4 is 20.1 Å². The molecule has 1 aliphatic carbocycles. The van der Waals surface area contributed by atoms with Gasteiger partial charge in [0.2, 0.25) is 11.8 Å². The number of aliphatic imine (C=N–C) groups is 1. The Morgan fingerprint density at radius 2 is 1.66 bits per heavy atom. The number of unbranched alkanes of at least 4 members (excludes halogenated alkanes) is 1. The number of ether oxygens (including phenoxy) is 3. The molecule has 1 saturated heterocycles. The lowest BCUT2D eigenvalue weighted by Gasteiger charge is -2.63. The lowest BCUT2D eigenvalue weighted by molar-refractivity contribution is -0.164. The van der Waals surface area contributed by atoms with E-state index in [9.17, 15) is 29.5 Å². The first kappa shape index (κ1) is 51.8. The Morgan fingerprint density at radius 3 is 2.28 bits per heavy atom. The van der Waals surface area contributed by atoms with Crippen LogP contribution in [0, 0.1) is 27.6 Å². The van der Waals surface area contributed by atoms with Crippen LogP contribution in [0.1, 0.15) is 128 Å². The molecule has 3 aromatic rings. The summed E-state index contributed by atoms with van der Waals surface area (Å²) in [6.45, 7) is 18.0. The zero-order valence-corrected chi connectivity index (χ0v) is 41.7. The number of carbonyl (C=O) groups is 4. The van der Waals surface area contributed by atoms with Crippen molar-refractivity contribution in [2.75, 3.05) is 19.8 Å². The minimum Gasteiger partial charge on any atom is -0.494 e. The summed E-state index contributed by atoms with van der Waals surface area (Å²) in [6, 6.07) is 20.4. The topological polar surface area (TPSA) is 180 Å². The van der Waals surface area contributed by atoms with E-state index in [4.69, 9.17) is 25.8 Å². The van der Waals surface area contributed by atoms with E-state index in [1.807, 2.05) is 53.0 Å². The van der Waals surface area contributed by atoms with Gasteiger partial charge in [0.15, 0.2) is 5.78 Å². The molecule has 0 spiro atoms. The number of nitriles is 1. The van der Waals surface area contributed by atoms with Crippen molar-refractivity contribution in [2.24, 2.45) is 21.2 Å². The molecule has 2 aliphatic heterocycles. The fraction of sp³-hybridized carbons (Fsp3) is 0.519.